The summed E-state index contributed by atoms with van der Waals surface area (Å²) >= 11 is 54.2. The number of hydrogen-bond acceptors (Lipinski definition) is 0. The molecule has 0 nitrogen and oxygen atoms in total. The zero-order chi connectivity index (χ0) is 15.3. The van der Waals surface area contributed by atoms with E-state index in [1.807, 2.05) is 0 Å². The van der Waals surface area contributed by atoms with E-state index in [1.165, 1.54) is 0 Å². The summed E-state index contributed by atoms with van der Waals surface area (Å²) in [6, 6.07) is 0. The van der Waals surface area contributed by atoms with E-state index in [-0.39, 0.29) is 11.3 Å². The molecule has 0 aromatic carbocycles. The monoisotopic (exact) mass is 448 g/mol. The topological polar surface area (TPSA) is 0 Å². The largest absolute Gasteiger partial charge is 0.125 e. The van der Waals surface area contributed by atoms with E-state index in [0.29, 0.717) is 0 Å². The number of halogens is 9. The molecule has 9 heteroatoms. The lowest BCUT2D eigenvalue weighted by Crippen LogP contribution is -2.44. The number of hydrogen-bond donors (Lipinski definition) is 0. The fraction of sp³-hybridized carbons (Fsp3) is 1.00. The highest BCUT2D eigenvalue weighted by Gasteiger charge is 2.39. The first-order chi connectivity index (χ1) is 8.64. The van der Waals surface area contributed by atoms with Crippen molar-refractivity contribution in [3.8, 4) is 0 Å². The van der Waals surface area contributed by atoms with Crippen LogP contribution >= 0.6 is 104 Å². The fourth-order valence-electron chi connectivity index (χ4n) is 1.24. The summed E-state index contributed by atoms with van der Waals surface area (Å²) in [5.74, 6) is 0.149. The normalized spacial score (nSPS) is 24.9. The van der Waals surface area contributed by atoms with Crippen molar-refractivity contribution in [3.05, 3.63) is 0 Å². The third-order valence-corrected chi connectivity index (χ3v) is 7.94. The van der Waals surface area contributed by atoms with Crippen molar-refractivity contribution < 1.29 is 0 Å². The summed E-state index contributed by atoms with van der Waals surface area (Å²) in [7, 11) is 0. The molecule has 0 bridgehead atoms. The second kappa shape index (κ2) is 10.4. The predicted octanol–water partition coefficient (Wildman–Crippen LogP) is 6.10. The minimum Gasteiger partial charge on any atom is -0.125 e. The predicted molar refractivity (Wildman–Crippen MR) is 93.5 cm³/mol. The highest BCUT2D eigenvalue weighted by molar-refractivity contribution is 6.43. The lowest BCUT2D eigenvalue weighted by atomic mass is 10.1. The Morgan fingerprint density at radius 3 is 1.21 bits per heavy atom. The lowest BCUT2D eigenvalue weighted by Gasteiger charge is -2.30. The van der Waals surface area contributed by atoms with Crippen LogP contribution in [0.2, 0.25) is 0 Å². The summed E-state index contributed by atoms with van der Waals surface area (Å²) < 4.78 is 0. The molecule has 0 heterocycles. The highest BCUT2D eigenvalue weighted by Crippen LogP contribution is 2.34. The Kier molecular flexibility index (Phi) is 11.8. The molecular formula is C10H13Cl9. The molecule has 0 saturated heterocycles. The van der Waals surface area contributed by atoms with Crippen molar-refractivity contribution in [2.45, 2.75) is 49.9 Å². The Hall–Kier alpha value is 2.61. The SMILES string of the molecule is CC(Cl)C(Cl)C(Cl)C(Cl)C(Cl)C(Cl)C(Cl)C(Cl)CCl. The summed E-state index contributed by atoms with van der Waals surface area (Å²) in [4.78, 5) is 0. The average Bonchev–Trinajstić information content (AvgIpc) is 2.40. The van der Waals surface area contributed by atoms with E-state index in [2.05, 4.69) is 0 Å². The van der Waals surface area contributed by atoms with Crippen LogP contribution in [0.25, 0.3) is 0 Å². The van der Waals surface area contributed by atoms with Crippen molar-refractivity contribution in [1.29, 1.82) is 0 Å². The van der Waals surface area contributed by atoms with Crippen molar-refractivity contribution in [2.75, 3.05) is 5.88 Å². The summed E-state index contributed by atoms with van der Waals surface area (Å²) in [6.45, 7) is 1.71. The van der Waals surface area contributed by atoms with Crippen LogP contribution in [0.5, 0.6) is 0 Å². The van der Waals surface area contributed by atoms with Gasteiger partial charge in [-0.25, -0.2) is 0 Å². The molecule has 0 fully saturated rings. The van der Waals surface area contributed by atoms with Gasteiger partial charge >= 0.3 is 0 Å². The van der Waals surface area contributed by atoms with Crippen LogP contribution in [-0.2, 0) is 0 Å². The first-order valence-corrected chi connectivity index (χ1v) is 9.36. The Morgan fingerprint density at radius 1 is 0.579 bits per heavy atom. The number of rotatable bonds is 8. The standard InChI is InChI=1S/C10H13Cl9/c1-3(12)5(14)7(16)9(18)10(19)8(17)6(15)4(13)2-11/h3-10H,2H2,1H3. The van der Waals surface area contributed by atoms with Gasteiger partial charge < -0.3 is 0 Å². The molecule has 8 unspecified atom stereocenters. The molecular weight excluding hydrogens is 439 g/mol. The molecule has 0 spiro atoms. The molecule has 0 rings (SSSR count). The fourth-order valence-corrected chi connectivity index (χ4v) is 4.02. The van der Waals surface area contributed by atoms with E-state index in [1.54, 1.807) is 6.92 Å². The molecule has 0 saturated carbocycles. The van der Waals surface area contributed by atoms with E-state index >= 15 is 0 Å². The molecule has 116 valence electrons. The first-order valence-electron chi connectivity index (χ1n) is 5.33. The van der Waals surface area contributed by atoms with Gasteiger partial charge in [0.1, 0.15) is 0 Å². The summed E-state index contributed by atoms with van der Waals surface area (Å²) in [5, 5.41) is -4.89. The molecule has 0 radical (unpaired) electrons. The minimum atomic E-state index is -0.727. The van der Waals surface area contributed by atoms with Gasteiger partial charge in [-0.1, -0.05) is 0 Å². The van der Waals surface area contributed by atoms with E-state index in [9.17, 15) is 0 Å². The van der Waals surface area contributed by atoms with Crippen LogP contribution in [-0.4, -0.2) is 48.9 Å². The van der Waals surface area contributed by atoms with Gasteiger partial charge in [-0.2, -0.15) is 0 Å². The summed E-state index contributed by atoms with van der Waals surface area (Å²) in [6.07, 6.45) is 0. The Bertz CT molecular complexity index is 249. The van der Waals surface area contributed by atoms with Crippen LogP contribution in [0.1, 0.15) is 6.92 Å². The van der Waals surface area contributed by atoms with Crippen LogP contribution < -0.4 is 0 Å². The Labute approximate surface area is 159 Å². The molecule has 0 aliphatic rings. The van der Waals surface area contributed by atoms with Gasteiger partial charge in [-0.15, -0.1) is 104 Å². The quantitative estimate of drug-likeness (QED) is 0.391. The van der Waals surface area contributed by atoms with E-state index in [0.717, 1.165) is 0 Å². The Morgan fingerprint density at radius 2 is 0.895 bits per heavy atom. The van der Waals surface area contributed by atoms with Gasteiger partial charge in [0.15, 0.2) is 0 Å². The summed E-state index contributed by atoms with van der Waals surface area (Å²) in [5.41, 5.74) is 0. The second-order valence-corrected chi connectivity index (χ2v) is 8.60. The van der Waals surface area contributed by atoms with Crippen molar-refractivity contribution >= 4 is 104 Å². The molecule has 0 aromatic rings. The molecule has 8 atom stereocenters. The maximum atomic E-state index is 6.19. The molecule has 0 aliphatic heterocycles. The molecule has 0 aliphatic carbocycles. The highest BCUT2D eigenvalue weighted by atomic mass is 35.5. The van der Waals surface area contributed by atoms with E-state index < -0.39 is 37.6 Å². The molecule has 19 heavy (non-hydrogen) atoms. The van der Waals surface area contributed by atoms with Crippen molar-refractivity contribution in [2.24, 2.45) is 0 Å². The second-order valence-electron chi connectivity index (χ2n) is 4.01. The Balaban J connectivity index is 4.67. The maximum Gasteiger partial charge on any atom is 0.0693 e. The minimum absolute atomic E-state index is 0.149. The average molecular weight is 452 g/mol. The van der Waals surface area contributed by atoms with Gasteiger partial charge in [0, 0.05) is 11.3 Å². The van der Waals surface area contributed by atoms with Crippen molar-refractivity contribution in [3.63, 3.8) is 0 Å². The maximum absolute atomic E-state index is 6.19. The van der Waals surface area contributed by atoms with Crippen LogP contribution in [0.3, 0.4) is 0 Å². The molecule has 0 amide bonds. The van der Waals surface area contributed by atoms with Crippen LogP contribution in [0, 0.1) is 0 Å². The lowest BCUT2D eigenvalue weighted by molar-refractivity contribution is 0.622. The van der Waals surface area contributed by atoms with Gasteiger partial charge in [0.2, 0.25) is 0 Å². The smallest absolute Gasteiger partial charge is 0.0693 e. The van der Waals surface area contributed by atoms with Crippen LogP contribution in [0.4, 0.5) is 0 Å². The van der Waals surface area contributed by atoms with Crippen molar-refractivity contribution in [1.82, 2.24) is 0 Å². The first kappa shape index (κ1) is 21.6. The number of alkyl halides is 9. The van der Waals surface area contributed by atoms with E-state index in [4.69, 9.17) is 104 Å². The third-order valence-electron chi connectivity index (χ3n) is 2.45. The van der Waals surface area contributed by atoms with Crippen LogP contribution in [0.15, 0.2) is 0 Å². The van der Waals surface area contributed by atoms with Gasteiger partial charge in [-0.3, -0.25) is 0 Å². The zero-order valence-electron chi connectivity index (χ0n) is 9.73. The third kappa shape index (κ3) is 6.71. The van der Waals surface area contributed by atoms with Gasteiger partial charge in [0.05, 0.1) is 37.6 Å². The molecule has 0 N–H and O–H groups in total. The van der Waals surface area contributed by atoms with Gasteiger partial charge in [-0.05, 0) is 6.92 Å². The van der Waals surface area contributed by atoms with Gasteiger partial charge in [0.25, 0.3) is 0 Å². The zero-order valence-corrected chi connectivity index (χ0v) is 16.5. The molecule has 0 aromatic heterocycles.